The van der Waals surface area contributed by atoms with Crippen LogP contribution in [0.1, 0.15) is 41.0 Å². The SMILES string of the molecule is CC(CS)C(=O)O.CC(CS)C(=O)O.CC(CS)C(=O)O.CC(CS)C(=O)O.CCC(CO)(CO)CO. The van der Waals surface area contributed by atoms with Crippen molar-refractivity contribution in [3.05, 3.63) is 0 Å². The summed E-state index contributed by atoms with van der Waals surface area (Å²) in [7, 11) is 0. The van der Waals surface area contributed by atoms with Crippen LogP contribution in [0.4, 0.5) is 0 Å². The number of carbonyl (C=O) groups is 4. The number of aliphatic hydroxyl groups is 3. The number of hydrogen-bond acceptors (Lipinski definition) is 11. The third kappa shape index (κ3) is 31.3. The van der Waals surface area contributed by atoms with E-state index in [2.05, 4.69) is 50.5 Å². The summed E-state index contributed by atoms with van der Waals surface area (Å²) in [5, 5.41) is 58.5. The molecule has 0 aromatic rings. The first-order chi connectivity index (χ1) is 17.0. The fourth-order valence-corrected chi connectivity index (χ4v) is 1.42. The molecule has 0 fully saturated rings. The third-order valence-electron chi connectivity index (χ3n) is 4.54. The lowest BCUT2D eigenvalue weighted by atomic mass is 9.88. The van der Waals surface area contributed by atoms with E-state index in [0.29, 0.717) is 29.4 Å². The second kappa shape index (κ2) is 29.7. The Balaban J connectivity index is -0.000000116. The lowest BCUT2D eigenvalue weighted by molar-refractivity contribution is -0.141. The molecule has 0 aliphatic rings. The van der Waals surface area contributed by atoms with E-state index in [1.165, 1.54) is 0 Å². The van der Waals surface area contributed by atoms with Gasteiger partial charge in [-0.2, -0.15) is 50.5 Å². The van der Waals surface area contributed by atoms with Crippen molar-refractivity contribution in [2.24, 2.45) is 29.1 Å². The third-order valence-corrected chi connectivity index (χ3v) is 6.73. The molecule has 0 amide bonds. The maximum absolute atomic E-state index is 9.88. The normalized spacial score (nSPS) is 13.1. The summed E-state index contributed by atoms with van der Waals surface area (Å²) in [6.07, 6.45) is 0.594. The Hall–Kier alpha value is -0.840. The Labute approximate surface area is 241 Å². The summed E-state index contributed by atoms with van der Waals surface area (Å²) in [6, 6.07) is 0. The highest BCUT2D eigenvalue weighted by Crippen LogP contribution is 2.18. The van der Waals surface area contributed by atoms with E-state index in [-0.39, 0.29) is 43.5 Å². The van der Waals surface area contributed by atoms with Crippen molar-refractivity contribution in [1.29, 1.82) is 0 Å². The predicted molar refractivity (Wildman–Crippen MR) is 157 cm³/mol. The quantitative estimate of drug-likeness (QED) is 0.143. The van der Waals surface area contributed by atoms with Gasteiger partial charge >= 0.3 is 23.9 Å². The van der Waals surface area contributed by atoms with Gasteiger partial charge in [0, 0.05) is 28.4 Å². The van der Waals surface area contributed by atoms with Crippen molar-refractivity contribution >= 4 is 74.4 Å². The highest BCUT2D eigenvalue weighted by atomic mass is 32.1. The van der Waals surface area contributed by atoms with Gasteiger partial charge in [0.05, 0.1) is 43.5 Å². The van der Waals surface area contributed by atoms with Crippen LogP contribution in [0.2, 0.25) is 0 Å². The predicted octanol–water partition coefficient (Wildman–Crippen LogP) is 1.91. The van der Waals surface area contributed by atoms with E-state index in [1.807, 2.05) is 6.92 Å². The van der Waals surface area contributed by atoms with Crippen LogP contribution < -0.4 is 0 Å². The standard InChI is InChI=1S/C6H14O3.4C4H8O2S/c1-2-6(3-7,4-8)5-9;4*1-3(2-7)4(5)6/h7-9H,2-5H2,1H3;4*3,7H,2H2,1H3,(H,5,6). The average Bonchev–Trinajstić information content (AvgIpc) is 2.89. The van der Waals surface area contributed by atoms with Crippen LogP contribution in [0.5, 0.6) is 0 Å². The molecule has 4 atom stereocenters. The highest BCUT2D eigenvalue weighted by Gasteiger charge is 2.24. The molecule has 0 saturated heterocycles. The Bertz CT molecular complexity index is 493. The monoisotopic (exact) mass is 614 g/mol. The molecule has 0 heterocycles. The topological polar surface area (TPSA) is 210 Å². The van der Waals surface area contributed by atoms with Crippen LogP contribution >= 0.6 is 50.5 Å². The van der Waals surface area contributed by atoms with E-state index in [9.17, 15) is 19.2 Å². The molecule has 224 valence electrons. The summed E-state index contributed by atoms with van der Waals surface area (Å²) < 4.78 is 0. The minimum atomic E-state index is -0.782. The van der Waals surface area contributed by atoms with Gasteiger partial charge in [0.2, 0.25) is 0 Å². The zero-order valence-corrected chi connectivity index (χ0v) is 25.6. The molecule has 0 aliphatic carbocycles. The molecule has 37 heavy (non-hydrogen) atoms. The molecule has 0 spiro atoms. The van der Waals surface area contributed by atoms with E-state index < -0.39 is 29.3 Å². The van der Waals surface area contributed by atoms with Gasteiger partial charge in [-0.3, -0.25) is 19.2 Å². The molecule has 0 radical (unpaired) electrons. The Morgan fingerprint density at radius 3 is 0.703 bits per heavy atom. The van der Waals surface area contributed by atoms with E-state index in [4.69, 9.17) is 35.7 Å². The van der Waals surface area contributed by atoms with Crippen molar-refractivity contribution in [2.45, 2.75) is 41.0 Å². The van der Waals surface area contributed by atoms with E-state index in [1.54, 1.807) is 27.7 Å². The molecular formula is C22H46O11S4. The van der Waals surface area contributed by atoms with Crippen LogP contribution in [0, 0.1) is 29.1 Å². The fourth-order valence-electron chi connectivity index (χ4n) is 0.798. The van der Waals surface area contributed by atoms with Gasteiger partial charge in [-0.05, 0) is 6.42 Å². The van der Waals surface area contributed by atoms with Gasteiger partial charge in [0.1, 0.15) is 0 Å². The minimum Gasteiger partial charge on any atom is -0.481 e. The average molecular weight is 615 g/mol. The Morgan fingerprint density at radius 1 is 0.541 bits per heavy atom. The lowest BCUT2D eigenvalue weighted by Gasteiger charge is -2.24. The summed E-state index contributed by atoms with van der Waals surface area (Å²) >= 11 is 15.1. The number of carboxylic acid groups (broad SMARTS) is 4. The van der Waals surface area contributed by atoms with Gasteiger partial charge in [-0.25, -0.2) is 0 Å². The molecule has 15 heteroatoms. The molecule has 0 aromatic carbocycles. The number of rotatable bonds is 12. The first-order valence-corrected chi connectivity index (χ1v) is 13.7. The van der Waals surface area contributed by atoms with Gasteiger partial charge < -0.3 is 35.7 Å². The second-order valence-corrected chi connectivity index (χ2v) is 9.48. The van der Waals surface area contributed by atoms with Crippen LogP contribution in [0.3, 0.4) is 0 Å². The first kappa shape index (κ1) is 46.0. The van der Waals surface area contributed by atoms with Gasteiger partial charge in [0.25, 0.3) is 0 Å². The zero-order valence-electron chi connectivity index (χ0n) is 22.0. The smallest absolute Gasteiger partial charge is 0.307 e. The number of hydrogen-bond donors (Lipinski definition) is 11. The number of aliphatic hydroxyl groups excluding tert-OH is 3. The van der Waals surface area contributed by atoms with E-state index in [0.717, 1.165) is 0 Å². The molecule has 0 rings (SSSR count). The van der Waals surface area contributed by atoms with Crippen molar-refractivity contribution < 1.29 is 54.9 Å². The van der Waals surface area contributed by atoms with Crippen LogP contribution in [-0.2, 0) is 19.2 Å². The summed E-state index contributed by atoms with van der Waals surface area (Å²) in [4.78, 5) is 39.5. The number of carboxylic acids is 4. The molecule has 0 aliphatic heterocycles. The molecule has 11 nitrogen and oxygen atoms in total. The summed E-state index contributed by atoms with van der Waals surface area (Å²) in [6.45, 7) is 7.83. The molecule has 7 N–H and O–H groups in total. The fraction of sp³-hybridized carbons (Fsp3) is 0.818. The van der Waals surface area contributed by atoms with Crippen LogP contribution in [-0.4, -0.2) is 102 Å². The Morgan fingerprint density at radius 2 is 0.703 bits per heavy atom. The molecule has 0 aromatic heterocycles. The maximum atomic E-state index is 9.88. The van der Waals surface area contributed by atoms with E-state index >= 15 is 0 Å². The van der Waals surface area contributed by atoms with Gasteiger partial charge in [-0.15, -0.1) is 0 Å². The molecule has 4 unspecified atom stereocenters. The molecular weight excluding hydrogens is 568 g/mol. The van der Waals surface area contributed by atoms with Crippen LogP contribution in [0.15, 0.2) is 0 Å². The van der Waals surface area contributed by atoms with Crippen molar-refractivity contribution in [3.8, 4) is 0 Å². The van der Waals surface area contributed by atoms with Gasteiger partial charge in [0.15, 0.2) is 0 Å². The first-order valence-electron chi connectivity index (χ1n) is 11.1. The summed E-state index contributed by atoms with van der Waals surface area (Å²) in [5.41, 5.74) is -0.667. The van der Waals surface area contributed by atoms with Crippen LogP contribution in [0.25, 0.3) is 0 Å². The Kier molecular flexibility index (Phi) is 37.0. The minimum absolute atomic E-state index is 0.156. The highest BCUT2D eigenvalue weighted by molar-refractivity contribution is 7.80. The molecule has 0 saturated carbocycles. The van der Waals surface area contributed by atoms with Crippen molar-refractivity contribution in [2.75, 3.05) is 42.8 Å². The summed E-state index contributed by atoms with van der Waals surface area (Å²) in [5.74, 6) is -2.75. The van der Waals surface area contributed by atoms with Gasteiger partial charge in [-0.1, -0.05) is 34.6 Å². The van der Waals surface area contributed by atoms with Crippen molar-refractivity contribution in [1.82, 2.24) is 0 Å². The molecule has 0 bridgehead atoms. The lowest BCUT2D eigenvalue weighted by Crippen LogP contribution is -2.32. The number of aliphatic carboxylic acids is 4. The zero-order chi connectivity index (χ0) is 30.8. The van der Waals surface area contributed by atoms with Crippen molar-refractivity contribution in [3.63, 3.8) is 0 Å². The largest absolute Gasteiger partial charge is 0.481 e. The second-order valence-electron chi connectivity index (χ2n) is 8.02. The maximum Gasteiger partial charge on any atom is 0.307 e. The number of thiol groups is 4.